The van der Waals surface area contributed by atoms with Gasteiger partial charge in [0.05, 0.1) is 18.2 Å². The van der Waals surface area contributed by atoms with Crippen LogP contribution in [0.4, 0.5) is 0 Å². The summed E-state index contributed by atoms with van der Waals surface area (Å²) in [6.07, 6.45) is 4.81. The van der Waals surface area contributed by atoms with Crippen LogP contribution in [0, 0.1) is 11.3 Å². The summed E-state index contributed by atoms with van der Waals surface area (Å²) in [6.45, 7) is 0.260. The number of rotatable bonds is 20. The fourth-order valence-corrected chi connectivity index (χ4v) is 8.08. The van der Waals surface area contributed by atoms with Crippen molar-refractivity contribution in [3.63, 3.8) is 0 Å². The average molecular weight is 847 g/mol. The Hall–Kier alpha value is -5.57. The monoisotopic (exact) mass is 846 g/mol. The summed E-state index contributed by atoms with van der Waals surface area (Å²) in [5, 5.41) is 16.3. The number of ether oxygens (including phenoxy) is 1. The van der Waals surface area contributed by atoms with Crippen LogP contribution < -0.4 is 26.2 Å². The molecule has 17 heteroatoms. The maximum Gasteiger partial charge on any atom is 0.524 e. The Kier molecular flexibility index (Phi) is 16.8. The number of hydrogen-bond donors (Lipinski definition) is 7. The lowest BCUT2D eigenvalue weighted by Gasteiger charge is -2.36. The molecule has 0 radical (unpaired) electrons. The molecular weight excluding hydrogens is 791 g/mol. The summed E-state index contributed by atoms with van der Waals surface area (Å²) >= 11 is 0. The number of hydrogen-bond acceptors (Lipinski definition) is 9. The molecule has 0 aliphatic carbocycles. The number of carbonyl (C=O) groups excluding carboxylic acids is 5. The fourth-order valence-electron chi connectivity index (χ4n) is 7.69. The minimum absolute atomic E-state index is 0.00268. The van der Waals surface area contributed by atoms with Gasteiger partial charge in [-0.1, -0.05) is 92.1 Å². The summed E-state index contributed by atoms with van der Waals surface area (Å²) in [5.41, 5.74) is 7.75. The standard InChI is InChI=1S/C43H55N6O10P/c44-38(45)18-10-9-16-35(41(52)46-27-30-11-3-1-4-12-30)47-42(53)37-24-21-33-15-7-8-17-36(43(54)49(33)37)48-40(51)32(26-39(50)58-28-31-13-5-2-6-14-31)25-29-19-22-34(23-20-29)59-60(55,56)57/h1-6,11-14,19-20,22-23,32-33,35-37H,7-10,15-18,21,24-28H2,(H3,44,45)(H,46,52)(H,47,53)(H,48,51)(H2,55,56,57)/t32-,33+,35+,36+,37+/m1/s1. The summed E-state index contributed by atoms with van der Waals surface area (Å²) < 4.78 is 21.5. The van der Waals surface area contributed by atoms with E-state index in [2.05, 4.69) is 20.5 Å². The van der Waals surface area contributed by atoms with Gasteiger partial charge >= 0.3 is 13.8 Å². The number of esters is 1. The summed E-state index contributed by atoms with van der Waals surface area (Å²) in [4.78, 5) is 89.2. The second-order valence-electron chi connectivity index (χ2n) is 15.4. The predicted octanol–water partition coefficient (Wildman–Crippen LogP) is 4.17. The van der Waals surface area contributed by atoms with Gasteiger partial charge in [0.25, 0.3) is 0 Å². The van der Waals surface area contributed by atoms with E-state index in [-0.39, 0.29) is 49.5 Å². The number of nitrogens with two attached hydrogens (primary N) is 1. The van der Waals surface area contributed by atoms with E-state index >= 15 is 0 Å². The van der Waals surface area contributed by atoms with Gasteiger partial charge in [0.1, 0.15) is 30.5 Å². The molecule has 0 bridgehead atoms. The summed E-state index contributed by atoms with van der Waals surface area (Å²) in [6, 6.07) is 21.2. The van der Waals surface area contributed by atoms with Crippen molar-refractivity contribution in [1.29, 1.82) is 5.41 Å². The second-order valence-corrected chi connectivity index (χ2v) is 16.5. The SMILES string of the molecule is N=C(N)CCCC[C@H](NC(=O)[C@@H]1CC[C@@H]2CCCC[C@H](NC(=O)[C@@H](CC(=O)OCc3ccccc3)Cc3ccc(OP(=O)(O)O)cc3)C(=O)N21)C(=O)NCc1ccccc1. The van der Waals surface area contributed by atoms with E-state index in [0.29, 0.717) is 63.4 Å². The predicted molar refractivity (Wildman–Crippen MR) is 222 cm³/mol. The van der Waals surface area contributed by atoms with E-state index in [0.717, 1.165) is 17.5 Å². The molecule has 0 unspecified atom stereocenters. The number of benzene rings is 3. The van der Waals surface area contributed by atoms with Gasteiger partial charge in [-0.3, -0.25) is 39.2 Å². The maximum absolute atomic E-state index is 14.4. The molecule has 2 heterocycles. The highest BCUT2D eigenvalue weighted by Crippen LogP contribution is 2.37. The molecule has 322 valence electrons. The highest BCUT2D eigenvalue weighted by molar-refractivity contribution is 7.46. The van der Waals surface area contributed by atoms with Crippen molar-refractivity contribution in [2.24, 2.45) is 11.7 Å². The van der Waals surface area contributed by atoms with Gasteiger partial charge < -0.3 is 35.8 Å². The Balaban J connectivity index is 1.29. The van der Waals surface area contributed by atoms with Gasteiger partial charge in [-0.15, -0.1) is 0 Å². The number of carbonyl (C=O) groups is 5. The molecular formula is C43H55N6O10P. The van der Waals surface area contributed by atoms with Crippen molar-refractivity contribution >= 4 is 43.3 Å². The molecule has 0 saturated carbocycles. The van der Waals surface area contributed by atoms with Crippen molar-refractivity contribution in [3.8, 4) is 5.75 Å². The first-order valence-electron chi connectivity index (χ1n) is 20.4. The molecule has 60 heavy (non-hydrogen) atoms. The van der Waals surface area contributed by atoms with E-state index < -0.39 is 55.6 Å². The molecule has 8 N–H and O–H groups in total. The fraction of sp³-hybridized carbons (Fsp3) is 0.442. The van der Waals surface area contributed by atoms with E-state index in [4.69, 9.17) is 15.9 Å². The van der Waals surface area contributed by atoms with Crippen LogP contribution >= 0.6 is 7.82 Å². The van der Waals surface area contributed by atoms with Crippen LogP contribution in [-0.4, -0.2) is 74.3 Å². The first kappa shape index (κ1) is 45.5. The second kappa shape index (κ2) is 22.2. The third-order valence-electron chi connectivity index (χ3n) is 10.7. The van der Waals surface area contributed by atoms with Crippen molar-refractivity contribution in [3.05, 3.63) is 102 Å². The zero-order chi connectivity index (χ0) is 43.1. The van der Waals surface area contributed by atoms with E-state index in [1.54, 1.807) is 17.0 Å². The lowest BCUT2D eigenvalue weighted by molar-refractivity contribution is -0.149. The molecule has 0 spiro atoms. The zero-order valence-electron chi connectivity index (χ0n) is 33.5. The number of unbranched alkanes of at least 4 members (excludes halogenated alkanes) is 1. The van der Waals surface area contributed by atoms with Crippen LogP contribution in [0.5, 0.6) is 5.75 Å². The van der Waals surface area contributed by atoms with Crippen LogP contribution in [0.15, 0.2) is 84.9 Å². The quantitative estimate of drug-likeness (QED) is 0.0280. The number of fused-ring (bicyclic) bond motifs is 1. The van der Waals surface area contributed by atoms with Gasteiger partial charge in [-0.25, -0.2) is 4.57 Å². The van der Waals surface area contributed by atoms with Crippen molar-refractivity contribution in [1.82, 2.24) is 20.9 Å². The third kappa shape index (κ3) is 14.3. The number of nitrogens with one attached hydrogen (secondary N) is 4. The van der Waals surface area contributed by atoms with Crippen LogP contribution in [0.2, 0.25) is 0 Å². The molecule has 2 aliphatic heterocycles. The minimum Gasteiger partial charge on any atom is -0.461 e. The number of phosphoric ester groups is 1. The number of nitrogens with zero attached hydrogens (tertiary/aromatic N) is 1. The Bertz CT molecular complexity index is 1980. The van der Waals surface area contributed by atoms with Crippen molar-refractivity contribution < 1.29 is 47.6 Å². The van der Waals surface area contributed by atoms with Gasteiger partial charge in [-0.2, -0.15) is 0 Å². The third-order valence-corrected chi connectivity index (χ3v) is 11.2. The molecule has 2 fully saturated rings. The van der Waals surface area contributed by atoms with E-state index in [1.807, 2.05) is 48.5 Å². The number of phosphoric acid groups is 1. The van der Waals surface area contributed by atoms with Crippen molar-refractivity contribution in [2.75, 3.05) is 0 Å². The lowest BCUT2D eigenvalue weighted by Crippen LogP contribution is -2.58. The Morgan fingerprint density at radius 1 is 0.850 bits per heavy atom. The summed E-state index contributed by atoms with van der Waals surface area (Å²) in [7, 11) is -4.80. The Labute approximate surface area is 349 Å². The van der Waals surface area contributed by atoms with Gasteiger partial charge in [0.15, 0.2) is 0 Å². The zero-order valence-corrected chi connectivity index (χ0v) is 34.4. The van der Waals surface area contributed by atoms with Gasteiger partial charge in [0, 0.05) is 19.0 Å². The van der Waals surface area contributed by atoms with Crippen molar-refractivity contribution in [2.45, 2.75) is 114 Å². The number of amidine groups is 1. The van der Waals surface area contributed by atoms with Crippen LogP contribution in [-0.2, 0) is 52.8 Å². The number of amides is 4. The average Bonchev–Trinajstić information content (AvgIpc) is 3.64. The largest absolute Gasteiger partial charge is 0.524 e. The van der Waals surface area contributed by atoms with Crippen LogP contribution in [0.3, 0.4) is 0 Å². The molecule has 4 amide bonds. The maximum atomic E-state index is 14.4. The Morgan fingerprint density at radius 3 is 2.18 bits per heavy atom. The first-order chi connectivity index (χ1) is 28.8. The summed E-state index contributed by atoms with van der Waals surface area (Å²) in [5.74, 6) is -3.49. The van der Waals surface area contributed by atoms with Crippen LogP contribution in [0.25, 0.3) is 0 Å². The lowest BCUT2D eigenvalue weighted by atomic mass is 9.93. The minimum atomic E-state index is -4.80. The van der Waals surface area contributed by atoms with Crippen LogP contribution in [0.1, 0.15) is 87.3 Å². The van der Waals surface area contributed by atoms with Gasteiger partial charge in [-0.05, 0) is 73.8 Å². The molecule has 2 aliphatic rings. The first-order valence-corrected chi connectivity index (χ1v) is 21.9. The molecule has 5 atom stereocenters. The highest BCUT2D eigenvalue weighted by Gasteiger charge is 2.45. The van der Waals surface area contributed by atoms with E-state index in [1.165, 1.54) is 24.3 Å². The van der Waals surface area contributed by atoms with E-state index in [9.17, 15) is 38.3 Å². The molecule has 0 aromatic heterocycles. The smallest absolute Gasteiger partial charge is 0.461 e. The van der Waals surface area contributed by atoms with Gasteiger partial charge in [0.2, 0.25) is 23.6 Å². The normalized spacial score (nSPS) is 18.8. The highest BCUT2D eigenvalue weighted by atomic mass is 31.2. The molecule has 16 nitrogen and oxygen atoms in total. The topological polar surface area (TPSA) is 251 Å². The molecule has 3 aromatic rings. The Morgan fingerprint density at radius 2 is 1.52 bits per heavy atom. The molecule has 2 saturated heterocycles. The molecule has 5 rings (SSSR count). The molecule has 3 aromatic carbocycles.